The van der Waals surface area contributed by atoms with Gasteiger partial charge >= 0.3 is 5.97 Å². The van der Waals surface area contributed by atoms with Gasteiger partial charge in [0.05, 0.1) is 30.3 Å². The Labute approximate surface area is 171 Å². The standard InChI is InChI=1S/C20H27NO7S/c1-3-26-17-8-5-14(11-18(17)27-4-2)20(23)28-12-19(22)21(15-6-7-15)16-9-10-29(24,25)13-16/h5,8,11,15-16H,3-4,6-7,9-10,12-13H2,1-2H3/t16-/m1/s1. The number of carbonyl (C=O) groups excluding carboxylic acids is 2. The summed E-state index contributed by atoms with van der Waals surface area (Å²) in [5.41, 5.74) is 0.256. The summed E-state index contributed by atoms with van der Waals surface area (Å²) in [4.78, 5) is 26.7. The van der Waals surface area contributed by atoms with E-state index in [-0.39, 0.29) is 35.1 Å². The first-order valence-electron chi connectivity index (χ1n) is 9.93. The van der Waals surface area contributed by atoms with Gasteiger partial charge in [0.15, 0.2) is 27.9 Å². The Morgan fingerprint density at radius 3 is 2.31 bits per heavy atom. The first kappa shape index (κ1) is 21.4. The lowest BCUT2D eigenvalue weighted by molar-refractivity contribution is -0.137. The summed E-state index contributed by atoms with van der Waals surface area (Å²) in [6, 6.07) is 4.45. The summed E-state index contributed by atoms with van der Waals surface area (Å²) in [6.07, 6.45) is 2.15. The maximum absolute atomic E-state index is 12.7. The van der Waals surface area contributed by atoms with Crippen LogP contribution in [-0.4, -0.2) is 68.6 Å². The molecule has 0 spiro atoms. The molecule has 9 heteroatoms. The van der Waals surface area contributed by atoms with Gasteiger partial charge in [-0.25, -0.2) is 13.2 Å². The van der Waals surface area contributed by atoms with Crippen LogP contribution in [0.25, 0.3) is 0 Å². The van der Waals surface area contributed by atoms with Crippen molar-refractivity contribution < 1.29 is 32.2 Å². The smallest absolute Gasteiger partial charge is 0.338 e. The van der Waals surface area contributed by atoms with Crippen molar-refractivity contribution in [3.8, 4) is 11.5 Å². The van der Waals surface area contributed by atoms with E-state index in [1.807, 2.05) is 13.8 Å². The van der Waals surface area contributed by atoms with Gasteiger partial charge in [0.1, 0.15) is 0 Å². The average Bonchev–Trinajstić information content (AvgIpc) is 3.44. The largest absolute Gasteiger partial charge is 0.490 e. The number of rotatable bonds is 9. The van der Waals surface area contributed by atoms with E-state index in [1.54, 1.807) is 17.0 Å². The molecule has 0 N–H and O–H groups in total. The summed E-state index contributed by atoms with van der Waals surface area (Å²) < 4.78 is 39.7. The van der Waals surface area contributed by atoms with E-state index in [0.717, 1.165) is 12.8 Å². The number of hydrogen-bond acceptors (Lipinski definition) is 7. The van der Waals surface area contributed by atoms with Crippen molar-refractivity contribution in [2.45, 2.75) is 45.2 Å². The number of sulfone groups is 1. The quantitative estimate of drug-likeness (QED) is 0.557. The van der Waals surface area contributed by atoms with Gasteiger partial charge in [0.25, 0.3) is 5.91 Å². The molecular formula is C20H27NO7S. The molecule has 1 amide bonds. The highest BCUT2D eigenvalue weighted by atomic mass is 32.2. The molecular weight excluding hydrogens is 398 g/mol. The fraction of sp³-hybridized carbons (Fsp3) is 0.600. The predicted molar refractivity (Wildman–Crippen MR) is 106 cm³/mol. The van der Waals surface area contributed by atoms with Crippen molar-refractivity contribution >= 4 is 21.7 Å². The molecule has 1 saturated carbocycles. The lowest BCUT2D eigenvalue weighted by Gasteiger charge is -2.28. The molecule has 1 heterocycles. The summed E-state index contributed by atoms with van der Waals surface area (Å²) in [6.45, 7) is 4.15. The first-order chi connectivity index (χ1) is 13.8. The molecule has 8 nitrogen and oxygen atoms in total. The highest BCUT2D eigenvalue weighted by Gasteiger charge is 2.42. The van der Waals surface area contributed by atoms with Gasteiger partial charge in [-0.15, -0.1) is 0 Å². The fourth-order valence-corrected chi connectivity index (χ4v) is 5.23. The van der Waals surface area contributed by atoms with Gasteiger partial charge in [0, 0.05) is 12.1 Å². The maximum atomic E-state index is 12.7. The summed E-state index contributed by atoms with van der Waals surface area (Å²) in [5.74, 6) is 0.0615. The monoisotopic (exact) mass is 425 g/mol. The number of carbonyl (C=O) groups is 2. The van der Waals surface area contributed by atoms with Crippen molar-refractivity contribution in [3.05, 3.63) is 23.8 Å². The number of amides is 1. The summed E-state index contributed by atoms with van der Waals surface area (Å²) >= 11 is 0. The number of ether oxygens (including phenoxy) is 3. The number of hydrogen-bond donors (Lipinski definition) is 0. The van der Waals surface area contributed by atoms with Crippen LogP contribution in [0.5, 0.6) is 11.5 Å². The van der Waals surface area contributed by atoms with Crippen molar-refractivity contribution in [1.29, 1.82) is 0 Å². The molecule has 1 aliphatic heterocycles. The van der Waals surface area contributed by atoms with E-state index >= 15 is 0 Å². The molecule has 1 aliphatic carbocycles. The van der Waals surface area contributed by atoms with Crippen molar-refractivity contribution in [3.63, 3.8) is 0 Å². The molecule has 0 bridgehead atoms. The molecule has 2 fully saturated rings. The molecule has 1 atom stereocenters. The van der Waals surface area contributed by atoms with E-state index in [1.165, 1.54) is 6.07 Å². The minimum absolute atomic E-state index is 0.0141. The molecule has 29 heavy (non-hydrogen) atoms. The highest BCUT2D eigenvalue weighted by molar-refractivity contribution is 7.91. The second-order valence-corrected chi connectivity index (χ2v) is 9.42. The minimum atomic E-state index is -3.10. The van der Waals surface area contributed by atoms with Crippen molar-refractivity contribution in [2.24, 2.45) is 0 Å². The topological polar surface area (TPSA) is 99.2 Å². The van der Waals surface area contributed by atoms with Gasteiger partial charge in [-0.05, 0) is 51.3 Å². The summed E-state index contributed by atoms with van der Waals surface area (Å²) in [5, 5.41) is 0. The zero-order valence-corrected chi connectivity index (χ0v) is 17.6. The van der Waals surface area contributed by atoms with Crippen LogP contribution in [0.2, 0.25) is 0 Å². The second-order valence-electron chi connectivity index (χ2n) is 7.19. The van der Waals surface area contributed by atoms with Crippen LogP contribution >= 0.6 is 0 Å². The molecule has 0 aromatic heterocycles. The van der Waals surface area contributed by atoms with E-state index < -0.39 is 22.4 Å². The molecule has 1 saturated heterocycles. The Hall–Kier alpha value is -2.29. The molecule has 0 unspecified atom stereocenters. The molecule has 0 radical (unpaired) electrons. The SMILES string of the molecule is CCOc1ccc(C(=O)OCC(=O)N(C2CC2)[C@@H]2CCS(=O)(=O)C2)cc1OCC. The predicted octanol–water partition coefficient (Wildman–Crippen LogP) is 1.82. The zero-order valence-electron chi connectivity index (χ0n) is 16.8. The van der Waals surface area contributed by atoms with Crippen molar-refractivity contribution in [1.82, 2.24) is 4.90 Å². The Balaban J connectivity index is 1.63. The third-order valence-electron chi connectivity index (χ3n) is 4.94. The van der Waals surface area contributed by atoms with Crippen molar-refractivity contribution in [2.75, 3.05) is 31.3 Å². The zero-order chi connectivity index (χ0) is 21.0. The number of benzene rings is 1. The average molecular weight is 426 g/mol. The third-order valence-corrected chi connectivity index (χ3v) is 6.69. The van der Waals surface area contributed by atoms with Gasteiger partial charge in [0.2, 0.25) is 0 Å². The van der Waals surface area contributed by atoms with E-state index in [2.05, 4.69) is 0 Å². The Kier molecular flexibility index (Phi) is 6.66. The van der Waals surface area contributed by atoms with Crippen LogP contribution < -0.4 is 9.47 Å². The van der Waals surface area contributed by atoms with Gasteiger partial charge in [-0.3, -0.25) is 4.79 Å². The number of esters is 1. The Morgan fingerprint density at radius 2 is 1.72 bits per heavy atom. The normalized spacial score (nSPS) is 20.1. The van der Waals surface area contributed by atoms with Crippen LogP contribution in [0.3, 0.4) is 0 Å². The molecule has 160 valence electrons. The highest BCUT2D eigenvalue weighted by Crippen LogP contribution is 2.32. The minimum Gasteiger partial charge on any atom is -0.490 e. The van der Waals surface area contributed by atoms with Gasteiger partial charge < -0.3 is 19.1 Å². The van der Waals surface area contributed by atoms with E-state index in [9.17, 15) is 18.0 Å². The molecule has 1 aromatic carbocycles. The van der Waals surface area contributed by atoms with Crippen LogP contribution in [0.15, 0.2) is 18.2 Å². The van der Waals surface area contributed by atoms with Crippen LogP contribution in [0.1, 0.15) is 43.5 Å². The van der Waals surface area contributed by atoms with Crippen LogP contribution in [-0.2, 0) is 19.4 Å². The Morgan fingerprint density at radius 1 is 1.03 bits per heavy atom. The first-order valence-corrected chi connectivity index (χ1v) is 11.7. The van der Waals surface area contributed by atoms with Crippen LogP contribution in [0.4, 0.5) is 0 Å². The van der Waals surface area contributed by atoms with E-state index in [0.29, 0.717) is 31.1 Å². The maximum Gasteiger partial charge on any atom is 0.338 e. The third kappa shape index (κ3) is 5.41. The molecule has 3 rings (SSSR count). The fourth-order valence-electron chi connectivity index (χ4n) is 3.52. The molecule has 1 aromatic rings. The van der Waals surface area contributed by atoms with Gasteiger partial charge in [-0.1, -0.05) is 0 Å². The summed E-state index contributed by atoms with van der Waals surface area (Å²) in [7, 11) is -3.10. The van der Waals surface area contributed by atoms with E-state index in [4.69, 9.17) is 14.2 Å². The second kappa shape index (κ2) is 9.02. The molecule has 2 aliphatic rings. The lowest BCUT2D eigenvalue weighted by atomic mass is 10.2. The van der Waals surface area contributed by atoms with Crippen LogP contribution in [0, 0.1) is 0 Å². The van der Waals surface area contributed by atoms with Gasteiger partial charge in [-0.2, -0.15) is 0 Å². The Bertz CT molecular complexity index is 864. The lowest BCUT2D eigenvalue weighted by Crippen LogP contribution is -2.44. The number of nitrogens with zero attached hydrogens (tertiary/aromatic N) is 1.